The number of piperidine rings is 1. The molecular weight excluding hydrogens is 300 g/mol. The monoisotopic (exact) mass is 330 g/mol. The first kappa shape index (κ1) is 18.7. The molecule has 2 rings (SSSR count). The Labute approximate surface area is 145 Å². The summed E-state index contributed by atoms with van der Waals surface area (Å²) in [4.78, 5) is 26.4. The summed E-state index contributed by atoms with van der Waals surface area (Å²) in [5.41, 5.74) is 1.99. The zero-order chi connectivity index (χ0) is 17.4. The number of hydrogen-bond donors (Lipinski definition) is 1. The summed E-state index contributed by atoms with van der Waals surface area (Å²) in [6.45, 7) is 4.10. The number of amides is 1. The zero-order valence-corrected chi connectivity index (χ0v) is 15.0. The lowest BCUT2D eigenvalue weighted by Crippen LogP contribution is -2.44. The Bertz CT molecular complexity index is 533. The summed E-state index contributed by atoms with van der Waals surface area (Å²) in [5.74, 6) is 0.138. The van der Waals surface area contributed by atoms with Gasteiger partial charge >= 0.3 is 0 Å². The Morgan fingerprint density at radius 2 is 1.79 bits per heavy atom. The number of Topliss-reactive ketones (excluding diaryl/α,β-unsaturated/α-hetero) is 1. The van der Waals surface area contributed by atoms with Crippen LogP contribution in [0.1, 0.15) is 61.4 Å². The van der Waals surface area contributed by atoms with Gasteiger partial charge in [-0.1, -0.05) is 37.6 Å². The minimum Gasteiger partial charge on any atom is -0.343 e. The molecule has 0 spiro atoms. The number of aryl methyl sites for hydroxylation is 1. The average Bonchev–Trinajstić information content (AvgIpc) is 2.64. The number of ketones is 1. The molecule has 4 heteroatoms. The second-order valence-corrected chi connectivity index (χ2v) is 6.71. The normalized spacial score (nSPS) is 15.2. The van der Waals surface area contributed by atoms with Crippen molar-refractivity contribution in [2.75, 3.05) is 20.1 Å². The minimum absolute atomic E-state index is 0.0594. The maximum absolute atomic E-state index is 12.3. The summed E-state index contributed by atoms with van der Waals surface area (Å²) in [6.07, 6.45) is 5.99. The van der Waals surface area contributed by atoms with Crippen LogP contribution in [0.3, 0.4) is 0 Å². The van der Waals surface area contributed by atoms with Crippen LogP contribution in [-0.4, -0.2) is 42.8 Å². The highest BCUT2D eigenvalue weighted by atomic mass is 16.2. The third-order valence-electron chi connectivity index (χ3n) is 4.91. The Hall–Kier alpha value is -1.68. The molecule has 0 bridgehead atoms. The predicted molar refractivity (Wildman–Crippen MR) is 97.3 cm³/mol. The van der Waals surface area contributed by atoms with Crippen molar-refractivity contribution in [3.05, 3.63) is 35.4 Å². The highest BCUT2D eigenvalue weighted by Gasteiger charge is 2.22. The van der Waals surface area contributed by atoms with E-state index in [9.17, 15) is 9.59 Å². The fraction of sp³-hybridized carbons (Fsp3) is 0.600. The highest BCUT2D eigenvalue weighted by Crippen LogP contribution is 2.14. The lowest BCUT2D eigenvalue weighted by molar-refractivity contribution is -0.132. The van der Waals surface area contributed by atoms with Crippen LogP contribution in [0.4, 0.5) is 0 Å². The zero-order valence-electron chi connectivity index (χ0n) is 15.0. The van der Waals surface area contributed by atoms with Crippen molar-refractivity contribution in [1.82, 2.24) is 10.2 Å². The summed E-state index contributed by atoms with van der Waals surface area (Å²) in [5, 5.41) is 3.31. The second kappa shape index (κ2) is 9.58. The van der Waals surface area contributed by atoms with Crippen molar-refractivity contribution in [1.29, 1.82) is 0 Å². The van der Waals surface area contributed by atoms with Gasteiger partial charge in [0.1, 0.15) is 0 Å². The van der Waals surface area contributed by atoms with E-state index in [2.05, 4.69) is 12.2 Å². The van der Waals surface area contributed by atoms with Crippen LogP contribution in [0.15, 0.2) is 24.3 Å². The number of hydrogen-bond acceptors (Lipinski definition) is 3. The van der Waals surface area contributed by atoms with Crippen molar-refractivity contribution in [3.63, 3.8) is 0 Å². The first-order valence-electron chi connectivity index (χ1n) is 9.20. The first-order chi connectivity index (χ1) is 11.6. The van der Waals surface area contributed by atoms with Crippen LogP contribution < -0.4 is 5.32 Å². The lowest BCUT2D eigenvalue weighted by atomic mass is 10.0. The van der Waals surface area contributed by atoms with Gasteiger partial charge in [0.2, 0.25) is 5.91 Å². The number of carbonyl (C=O) groups is 2. The molecule has 1 aliphatic heterocycles. The van der Waals surface area contributed by atoms with E-state index in [0.29, 0.717) is 24.4 Å². The molecule has 1 heterocycles. The van der Waals surface area contributed by atoms with E-state index in [1.54, 1.807) is 0 Å². The third-order valence-corrected chi connectivity index (χ3v) is 4.91. The van der Waals surface area contributed by atoms with E-state index in [-0.39, 0.29) is 11.7 Å². The minimum atomic E-state index is 0.0594. The van der Waals surface area contributed by atoms with Gasteiger partial charge in [-0.3, -0.25) is 9.59 Å². The number of rotatable bonds is 8. The van der Waals surface area contributed by atoms with Gasteiger partial charge in [0, 0.05) is 31.5 Å². The van der Waals surface area contributed by atoms with Crippen LogP contribution in [0.5, 0.6) is 0 Å². The van der Waals surface area contributed by atoms with E-state index in [1.165, 1.54) is 18.4 Å². The Morgan fingerprint density at radius 1 is 1.12 bits per heavy atom. The number of nitrogens with one attached hydrogen (secondary N) is 1. The molecule has 1 aliphatic rings. The van der Waals surface area contributed by atoms with Crippen molar-refractivity contribution in [2.45, 2.75) is 57.9 Å². The summed E-state index contributed by atoms with van der Waals surface area (Å²) >= 11 is 0. The molecule has 1 saturated heterocycles. The molecule has 1 aromatic carbocycles. The maximum Gasteiger partial charge on any atom is 0.223 e. The van der Waals surface area contributed by atoms with Crippen molar-refractivity contribution in [2.24, 2.45) is 0 Å². The van der Waals surface area contributed by atoms with Crippen LogP contribution >= 0.6 is 0 Å². The van der Waals surface area contributed by atoms with Gasteiger partial charge in [0.05, 0.1) is 0 Å². The van der Waals surface area contributed by atoms with Crippen LogP contribution in [-0.2, 0) is 11.2 Å². The SMILES string of the molecule is CCCCc1ccc(C(=O)CCC(=O)N(C)C2CCNCC2)cc1. The first-order valence-corrected chi connectivity index (χ1v) is 9.20. The van der Waals surface area contributed by atoms with E-state index in [1.807, 2.05) is 36.2 Å². The van der Waals surface area contributed by atoms with Gasteiger partial charge in [0.25, 0.3) is 0 Å². The van der Waals surface area contributed by atoms with E-state index >= 15 is 0 Å². The van der Waals surface area contributed by atoms with Crippen molar-refractivity contribution < 1.29 is 9.59 Å². The smallest absolute Gasteiger partial charge is 0.223 e. The summed E-state index contributed by atoms with van der Waals surface area (Å²) in [6, 6.07) is 8.17. The summed E-state index contributed by atoms with van der Waals surface area (Å²) in [7, 11) is 1.87. The van der Waals surface area contributed by atoms with E-state index in [4.69, 9.17) is 0 Å². The molecule has 0 unspecified atom stereocenters. The molecular formula is C20H30N2O2. The van der Waals surface area contributed by atoms with Gasteiger partial charge in [-0.2, -0.15) is 0 Å². The molecule has 24 heavy (non-hydrogen) atoms. The summed E-state index contributed by atoms with van der Waals surface area (Å²) < 4.78 is 0. The van der Waals surface area contributed by atoms with E-state index < -0.39 is 0 Å². The number of unbranched alkanes of at least 4 members (excludes halogenated alkanes) is 1. The van der Waals surface area contributed by atoms with Crippen molar-refractivity contribution >= 4 is 11.7 Å². The largest absolute Gasteiger partial charge is 0.343 e. The van der Waals surface area contributed by atoms with Gasteiger partial charge in [-0.15, -0.1) is 0 Å². The molecule has 132 valence electrons. The Balaban J connectivity index is 1.80. The molecule has 0 saturated carbocycles. The molecule has 1 N–H and O–H groups in total. The van der Waals surface area contributed by atoms with Gasteiger partial charge in [0.15, 0.2) is 5.78 Å². The van der Waals surface area contributed by atoms with Crippen LogP contribution in [0, 0.1) is 0 Å². The van der Waals surface area contributed by atoms with Crippen LogP contribution in [0.25, 0.3) is 0 Å². The Morgan fingerprint density at radius 3 is 2.42 bits per heavy atom. The topological polar surface area (TPSA) is 49.4 Å². The van der Waals surface area contributed by atoms with E-state index in [0.717, 1.165) is 32.4 Å². The molecule has 0 radical (unpaired) electrons. The quantitative estimate of drug-likeness (QED) is 0.745. The van der Waals surface area contributed by atoms with Gasteiger partial charge in [-0.25, -0.2) is 0 Å². The second-order valence-electron chi connectivity index (χ2n) is 6.71. The maximum atomic E-state index is 12.3. The fourth-order valence-corrected chi connectivity index (χ4v) is 3.18. The molecule has 0 atom stereocenters. The highest BCUT2D eigenvalue weighted by molar-refractivity contribution is 5.98. The predicted octanol–water partition coefficient (Wildman–Crippen LogP) is 3.20. The number of carbonyl (C=O) groups excluding carboxylic acids is 2. The van der Waals surface area contributed by atoms with Gasteiger partial charge < -0.3 is 10.2 Å². The Kier molecular flexibility index (Phi) is 7.44. The fourth-order valence-electron chi connectivity index (χ4n) is 3.18. The molecule has 0 aromatic heterocycles. The molecule has 1 fully saturated rings. The average molecular weight is 330 g/mol. The van der Waals surface area contributed by atoms with Crippen molar-refractivity contribution in [3.8, 4) is 0 Å². The number of nitrogens with zero attached hydrogens (tertiary/aromatic N) is 1. The molecule has 0 aliphatic carbocycles. The number of benzene rings is 1. The molecule has 1 aromatic rings. The molecule has 4 nitrogen and oxygen atoms in total. The third kappa shape index (κ3) is 5.45. The van der Waals surface area contributed by atoms with Crippen LogP contribution in [0.2, 0.25) is 0 Å². The van der Waals surface area contributed by atoms with Gasteiger partial charge in [-0.05, 0) is 44.3 Å². The standard InChI is InChI=1S/C20H30N2O2/c1-3-4-5-16-6-8-17(9-7-16)19(23)10-11-20(24)22(2)18-12-14-21-15-13-18/h6-9,18,21H,3-5,10-15H2,1-2H3. The lowest BCUT2D eigenvalue weighted by Gasteiger charge is -2.31. The molecule has 1 amide bonds.